The molecule has 0 unspecified atom stereocenters. The van der Waals surface area contributed by atoms with Gasteiger partial charge in [0.25, 0.3) is 0 Å². The molecule has 0 spiro atoms. The molecular formula is C11H15N. The maximum atomic E-state index is 4.28. The van der Waals surface area contributed by atoms with Crippen LogP contribution in [0.15, 0.2) is 39.9 Å². The number of hydrogen-bond donors (Lipinski definition) is 0. The molecule has 0 saturated heterocycles. The van der Waals surface area contributed by atoms with Gasteiger partial charge in [0, 0.05) is 6.21 Å². The Balaban J connectivity index is 2.81. The van der Waals surface area contributed by atoms with Crippen molar-refractivity contribution in [3.05, 3.63) is 34.9 Å². The topological polar surface area (TPSA) is 12.4 Å². The van der Waals surface area contributed by atoms with Gasteiger partial charge in [-0.2, -0.15) is 0 Å². The van der Waals surface area contributed by atoms with Crippen LogP contribution in [0.4, 0.5) is 0 Å². The molecule has 0 aromatic rings. The lowest BCUT2D eigenvalue weighted by molar-refractivity contribution is 1.18. The maximum Gasteiger partial charge on any atom is 0.0639 e. The van der Waals surface area contributed by atoms with E-state index in [1.54, 1.807) is 0 Å². The predicted octanol–water partition coefficient (Wildman–Crippen LogP) is 2.91. The average Bonchev–Trinajstić information content (AvgIpc) is 2.15. The monoisotopic (exact) mass is 161 g/mol. The standard InChI is InChI=1S/C11H15N/c1-9(2)6-11-5-4-10(3)7-12-8-11/h4-7H,8H2,1-3H3. The second-order valence-corrected chi connectivity index (χ2v) is 3.34. The molecule has 1 rings (SSSR count). The third kappa shape index (κ3) is 2.87. The summed E-state index contributed by atoms with van der Waals surface area (Å²) in [4.78, 5) is 4.28. The first-order valence-corrected chi connectivity index (χ1v) is 4.20. The molecule has 64 valence electrons. The van der Waals surface area contributed by atoms with Crippen molar-refractivity contribution in [3.63, 3.8) is 0 Å². The first-order valence-electron chi connectivity index (χ1n) is 4.20. The summed E-state index contributed by atoms with van der Waals surface area (Å²) in [6, 6.07) is 0. The Morgan fingerprint density at radius 1 is 1.42 bits per heavy atom. The fraction of sp³-hybridized carbons (Fsp3) is 0.364. The maximum absolute atomic E-state index is 4.28. The van der Waals surface area contributed by atoms with E-state index in [0.29, 0.717) is 0 Å². The summed E-state index contributed by atoms with van der Waals surface area (Å²) in [7, 11) is 0. The van der Waals surface area contributed by atoms with Crippen LogP contribution in [0, 0.1) is 0 Å². The van der Waals surface area contributed by atoms with E-state index < -0.39 is 0 Å². The molecule has 0 bridgehead atoms. The zero-order chi connectivity index (χ0) is 8.97. The van der Waals surface area contributed by atoms with Gasteiger partial charge in [-0.15, -0.1) is 0 Å². The molecule has 0 amide bonds. The zero-order valence-corrected chi connectivity index (χ0v) is 7.96. The van der Waals surface area contributed by atoms with E-state index in [9.17, 15) is 0 Å². The van der Waals surface area contributed by atoms with Gasteiger partial charge in [0.15, 0.2) is 0 Å². The van der Waals surface area contributed by atoms with Crippen LogP contribution in [0.5, 0.6) is 0 Å². The van der Waals surface area contributed by atoms with Gasteiger partial charge in [0.1, 0.15) is 0 Å². The van der Waals surface area contributed by atoms with Gasteiger partial charge in [-0.05, 0) is 31.9 Å². The molecule has 0 saturated carbocycles. The van der Waals surface area contributed by atoms with Gasteiger partial charge < -0.3 is 0 Å². The molecule has 0 aromatic carbocycles. The van der Waals surface area contributed by atoms with Crippen molar-refractivity contribution in [1.29, 1.82) is 0 Å². The van der Waals surface area contributed by atoms with E-state index in [1.807, 2.05) is 6.21 Å². The highest BCUT2D eigenvalue weighted by atomic mass is 14.7. The van der Waals surface area contributed by atoms with Gasteiger partial charge in [-0.3, -0.25) is 4.99 Å². The molecule has 12 heavy (non-hydrogen) atoms. The first-order chi connectivity index (χ1) is 5.68. The van der Waals surface area contributed by atoms with Gasteiger partial charge in [-0.1, -0.05) is 23.8 Å². The largest absolute Gasteiger partial charge is 0.288 e. The van der Waals surface area contributed by atoms with Crippen molar-refractivity contribution in [2.45, 2.75) is 20.8 Å². The van der Waals surface area contributed by atoms with Gasteiger partial charge in [-0.25, -0.2) is 0 Å². The number of hydrogen-bond acceptors (Lipinski definition) is 1. The molecule has 0 radical (unpaired) electrons. The van der Waals surface area contributed by atoms with Crippen LogP contribution >= 0.6 is 0 Å². The van der Waals surface area contributed by atoms with Crippen molar-refractivity contribution in [1.82, 2.24) is 0 Å². The summed E-state index contributed by atoms with van der Waals surface area (Å²) in [6.07, 6.45) is 8.33. The van der Waals surface area contributed by atoms with Crippen LogP contribution in [0.2, 0.25) is 0 Å². The quantitative estimate of drug-likeness (QED) is 0.560. The van der Waals surface area contributed by atoms with Crippen molar-refractivity contribution in [2.24, 2.45) is 4.99 Å². The summed E-state index contributed by atoms with van der Waals surface area (Å²) >= 11 is 0. The van der Waals surface area contributed by atoms with Crippen LogP contribution < -0.4 is 0 Å². The van der Waals surface area contributed by atoms with E-state index >= 15 is 0 Å². The fourth-order valence-corrected chi connectivity index (χ4v) is 1.09. The van der Waals surface area contributed by atoms with E-state index in [1.165, 1.54) is 16.7 Å². The van der Waals surface area contributed by atoms with E-state index in [-0.39, 0.29) is 0 Å². The predicted molar refractivity (Wildman–Crippen MR) is 54.6 cm³/mol. The summed E-state index contributed by atoms with van der Waals surface area (Å²) in [5, 5.41) is 0. The fourth-order valence-electron chi connectivity index (χ4n) is 1.09. The van der Waals surface area contributed by atoms with Crippen LogP contribution in [-0.4, -0.2) is 12.8 Å². The Kier molecular flexibility index (Phi) is 3.03. The van der Waals surface area contributed by atoms with Crippen LogP contribution in [0.1, 0.15) is 20.8 Å². The van der Waals surface area contributed by atoms with Crippen LogP contribution in [0.25, 0.3) is 0 Å². The molecule has 0 aliphatic carbocycles. The summed E-state index contributed by atoms with van der Waals surface area (Å²) in [5.41, 5.74) is 3.82. The number of allylic oxidation sites excluding steroid dienone is 4. The molecule has 1 aliphatic rings. The zero-order valence-electron chi connectivity index (χ0n) is 7.96. The van der Waals surface area contributed by atoms with Crippen molar-refractivity contribution in [3.8, 4) is 0 Å². The molecular weight excluding hydrogens is 146 g/mol. The first kappa shape index (κ1) is 8.98. The Morgan fingerprint density at radius 3 is 2.83 bits per heavy atom. The lowest BCUT2D eigenvalue weighted by atomic mass is 10.1. The molecule has 0 atom stereocenters. The van der Waals surface area contributed by atoms with Crippen LogP contribution in [-0.2, 0) is 0 Å². The SMILES string of the molecule is CC(C)=CC1=CC=C(C)C=NC1. The van der Waals surface area contributed by atoms with Gasteiger partial charge in [0.2, 0.25) is 0 Å². The molecule has 1 nitrogen and oxygen atoms in total. The molecule has 1 heteroatoms. The van der Waals surface area contributed by atoms with E-state index in [0.717, 1.165) is 6.54 Å². The van der Waals surface area contributed by atoms with Crippen molar-refractivity contribution < 1.29 is 0 Å². The summed E-state index contributed by atoms with van der Waals surface area (Å²) in [5.74, 6) is 0. The minimum Gasteiger partial charge on any atom is -0.288 e. The van der Waals surface area contributed by atoms with Gasteiger partial charge in [0.05, 0.1) is 6.54 Å². The molecule has 0 fully saturated rings. The third-order valence-corrected chi connectivity index (χ3v) is 1.60. The lowest BCUT2D eigenvalue weighted by Gasteiger charge is -1.95. The molecule has 1 heterocycles. The Bertz CT molecular complexity index is 273. The third-order valence-electron chi connectivity index (χ3n) is 1.60. The molecule has 0 N–H and O–H groups in total. The number of nitrogens with zero attached hydrogens (tertiary/aromatic N) is 1. The smallest absolute Gasteiger partial charge is 0.0639 e. The number of rotatable bonds is 1. The van der Waals surface area contributed by atoms with Crippen LogP contribution in [0.3, 0.4) is 0 Å². The number of aliphatic imine (C=N–C) groups is 1. The summed E-state index contributed by atoms with van der Waals surface area (Å²) in [6.45, 7) is 7.07. The highest BCUT2D eigenvalue weighted by Gasteiger charge is 1.93. The second-order valence-electron chi connectivity index (χ2n) is 3.34. The van der Waals surface area contributed by atoms with Crippen molar-refractivity contribution >= 4 is 6.21 Å². The highest BCUT2D eigenvalue weighted by molar-refractivity contribution is 5.79. The normalized spacial score (nSPS) is 16.2. The lowest BCUT2D eigenvalue weighted by Crippen LogP contribution is -1.84. The Hall–Kier alpha value is -1.11. The van der Waals surface area contributed by atoms with Crippen molar-refractivity contribution in [2.75, 3.05) is 6.54 Å². The minimum absolute atomic E-state index is 0.805. The Labute approximate surface area is 74.2 Å². The molecule has 0 aromatic heterocycles. The van der Waals surface area contributed by atoms with Gasteiger partial charge >= 0.3 is 0 Å². The summed E-state index contributed by atoms with van der Waals surface area (Å²) < 4.78 is 0. The molecule has 1 aliphatic heterocycles. The second kappa shape index (κ2) is 4.05. The average molecular weight is 161 g/mol. The Morgan fingerprint density at radius 2 is 2.17 bits per heavy atom. The van der Waals surface area contributed by atoms with E-state index in [4.69, 9.17) is 0 Å². The highest BCUT2D eigenvalue weighted by Crippen LogP contribution is 2.06. The minimum atomic E-state index is 0.805. The van der Waals surface area contributed by atoms with E-state index in [2.05, 4.69) is 44.0 Å².